The second kappa shape index (κ2) is 7.59. The zero-order chi connectivity index (χ0) is 20.7. The molecular weight excluding hydrogens is 376 g/mol. The number of aromatic nitrogens is 1. The van der Waals surface area contributed by atoms with Gasteiger partial charge in [-0.05, 0) is 49.8 Å². The topological polar surface area (TPSA) is 117 Å². The first-order valence-corrected chi connectivity index (χ1v) is 9.97. The van der Waals surface area contributed by atoms with Crippen LogP contribution in [0.3, 0.4) is 0 Å². The maximum absolute atomic E-state index is 12.5. The van der Waals surface area contributed by atoms with E-state index in [1.54, 1.807) is 25.3 Å². The Balaban J connectivity index is 1.50. The normalized spacial score (nSPS) is 29.0. The minimum absolute atomic E-state index is 0.0498. The summed E-state index contributed by atoms with van der Waals surface area (Å²) < 4.78 is 5.36. The van der Waals surface area contributed by atoms with E-state index in [1.165, 1.54) is 11.1 Å². The van der Waals surface area contributed by atoms with E-state index in [2.05, 4.69) is 4.98 Å². The summed E-state index contributed by atoms with van der Waals surface area (Å²) in [4.78, 5) is 41.9. The fourth-order valence-corrected chi connectivity index (χ4v) is 5.16. The number of carbonyl (C=O) groups is 3. The molecule has 1 saturated carbocycles. The van der Waals surface area contributed by atoms with E-state index in [9.17, 15) is 24.6 Å². The number of hydrogen-bond donors (Lipinski definition) is 2. The highest BCUT2D eigenvalue weighted by Gasteiger charge is 2.62. The number of aliphatic carboxylic acids is 1. The molecule has 2 fully saturated rings. The first-order valence-electron chi connectivity index (χ1n) is 9.97. The molecule has 29 heavy (non-hydrogen) atoms. The molecule has 1 aromatic rings. The molecule has 4 rings (SSSR count). The van der Waals surface area contributed by atoms with Gasteiger partial charge in [-0.25, -0.2) is 9.59 Å². The van der Waals surface area contributed by atoms with E-state index in [0.717, 1.165) is 24.8 Å². The summed E-state index contributed by atoms with van der Waals surface area (Å²) >= 11 is 0. The Morgan fingerprint density at radius 2 is 2.17 bits per heavy atom. The van der Waals surface area contributed by atoms with Gasteiger partial charge >= 0.3 is 11.9 Å². The number of β-lactam (4-membered cyclic amide) rings is 1. The molecule has 5 atom stereocenters. The van der Waals surface area contributed by atoms with Crippen LogP contribution in [0.2, 0.25) is 0 Å². The third-order valence-electron chi connectivity index (χ3n) is 6.34. The van der Waals surface area contributed by atoms with Crippen molar-refractivity contribution in [3.8, 4) is 0 Å². The minimum atomic E-state index is -1.11. The van der Waals surface area contributed by atoms with Gasteiger partial charge in [0.25, 0.3) is 0 Å². The molecule has 1 saturated heterocycles. The molecular formula is C21H24N2O6. The van der Waals surface area contributed by atoms with E-state index in [1.807, 2.05) is 0 Å². The lowest BCUT2D eigenvalue weighted by Gasteiger charge is -2.47. The van der Waals surface area contributed by atoms with Gasteiger partial charge in [0, 0.05) is 18.3 Å². The number of fused-ring (bicyclic) bond motifs is 3. The van der Waals surface area contributed by atoms with Crippen LogP contribution < -0.4 is 0 Å². The Bertz CT molecular complexity index is 865. The number of aliphatic hydroxyl groups is 1. The SMILES string of the molecule is C[C@@H](O)[C@H]1C(=O)N2C(C(=O)O)=C3[C@H](CCOC(=O)c4cccnc4)CCC[C@H]3[C@H]12. The molecule has 1 aliphatic carbocycles. The number of amides is 1. The van der Waals surface area contributed by atoms with Gasteiger partial charge in [-0.15, -0.1) is 0 Å². The molecule has 1 aromatic heterocycles. The Hall–Kier alpha value is -2.74. The summed E-state index contributed by atoms with van der Waals surface area (Å²) in [5.74, 6) is -2.54. The van der Waals surface area contributed by atoms with Crippen molar-refractivity contribution in [2.45, 2.75) is 44.8 Å². The summed E-state index contributed by atoms with van der Waals surface area (Å²) in [5, 5.41) is 19.8. The van der Waals surface area contributed by atoms with E-state index >= 15 is 0 Å². The third kappa shape index (κ3) is 3.21. The van der Waals surface area contributed by atoms with Crippen molar-refractivity contribution >= 4 is 17.8 Å². The average molecular weight is 400 g/mol. The highest BCUT2D eigenvalue weighted by atomic mass is 16.5. The first-order chi connectivity index (χ1) is 13.9. The number of carbonyl (C=O) groups excluding carboxylic acids is 2. The third-order valence-corrected chi connectivity index (χ3v) is 6.34. The molecule has 0 unspecified atom stereocenters. The van der Waals surface area contributed by atoms with Crippen LogP contribution in [0.15, 0.2) is 35.8 Å². The second-order valence-electron chi connectivity index (χ2n) is 7.97. The fraction of sp³-hybridized carbons (Fsp3) is 0.524. The minimum Gasteiger partial charge on any atom is -0.477 e. The lowest BCUT2D eigenvalue weighted by molar-refractivity contribution is -0.163. The number of carboxylic acid groups (broad SMARTS) is 1. The molecule has 3 aliphatic rings. The van der Waals surface area contributed by atoms with Gasteiger partial charge < -0.3 is 19.8 Å². The smallest absolute Gasteiger partial charge is 0.352 e. The number of carboxylic acids is 1. The Morgan fingerprint density at radius 3 is 2.83 bits per heavy atom. The van der Waals surface area contributed by atoms with Crippen molar-refractivity contribution in [2.75, 3.05) is 6.61 Å². The maximum Gasteiger partial charge on any atom is 0.352 e. The van der Waals surface area contributed by atoms with Crippen molar-refractivity contribution in [3.63, 3.8) is 0 Å². The van der Waals surface area contributed by atoms with Gasteiger partial charge in [-0.1, -0.05) is 6.42 Å². The van der Waals surface area contributed by atoms with Gasteiger partial charge in [0.05, 0.1) is 30.2 Å². The van der Waals surface area contributed by atoms with Crippen LogP contribution in [0.1, 0.15) is 43.0 Å². The van der Waals surface area contributed by atoms with Crippen LogP contribution in [-0.4, -0.2) is 56.7 Å². The van der Waals surface area contributed by atoms with Crippen LogP contribution in [0.25, 0.3) is 0 Å². The molecule has 2 aliphatic heterocycles. The summed E-state index contributed by atoms with van der Waals surface area (Å²) in [7, 11) is 0. The lowest BCUT2D eigenvalue weighted by Crippen LogP contribution is -2.64. The Morgan fingerprint density at radius 1 is 1.38 bits per heavy atom. The summed E-state index contributed by atoms with van der Waals surface area (Å²) in [5.41, 5.74) is 1.22. The monoisotopic (exact) mass is 400 g/mol. The molecule has 8 nitrogen and oxygen atoms in total. The van der Waals surface area contributed by atoms with Gasteiger partial charge in [0.15, 0.2) is 0 Å². The van der Waals surface area contributed by atoms with E-state index < -0.39 is 24.0 Å². The average Bonchev–Trinajstić information content (AvgIpc) is 3.00. The van der Waals surface area contributed by atoms with Crippen LogP contribution in [0.4, 0.5) is 0 Å². The Kier molecular flexibility index (Phi) is 5.12. The van der Waals surface area contributed by atoms with Gasteiger partial charge in [0.1, 0.15) is 5.70 Å². The largest absolute Gasteiger partial charge is 0.477 e. The van der Waals surface area contributed by atoms with E-state index in [-0.39, 0.29) is 36.1 Å². The molecule has 1 amide bonds. The van der Waals surface area contributed by atoms with Crippen LogP contribution in [0.5, 0.6) is 0 Å². The molecule has 154 valence electrons. The highest BCUT2D eigenvalue weighted by molar-refractivity contribution is 6.00. The number of aliphatic hydroxyl groups excluding tert-OH is 1. The number of pyridine rings is 1. The molecule has 0 bridgehead atoms. The Labute approximate surface area is 168 Å². The van der Waals surface area contributed by atoms with Gasteiger partial charge in [0.2, 0.25) is 5.91 Å². The fourth-order valence-electron chi connectivity index (χ4n) is 5.16. The predicted octanol–water partition coefficient (Wildman–Crippen LogP) is 1.60. The highest BCUT2D eigenvalue weighted by Crippen LogP contribution is 2.54. The number of hydrogen-bond acceptors (Lipinski definition) is 6. The van der Waals surface area contributed by atoms with E-state index in [0.29, 0.717) is 12.0 Å². The maximum atomic E-state index is 12.5. The lowest BCUT2D eigenvalue weighted by atomic mass is 9.69. The van der Waals surface area contributed by atoms with Crippen molar-refractivity contribution in [3.05, 3.63) is 41.4 Å². The number of ether oxygens (including phenoxy) is 1. The number of rotatable bonds is 6. The van der Waals surface area contributed by atoms with Crippen molar-refractivity contribution in [1.82, 2.24) is 9.88 Å². The standard InChI is InChI=1S/C21H24N2O6/c1-11(24)15-17-14-6-2-4-12(16(14)18(20(26)27)23(17)19(15)25)7-9-29-21(28)13-5-3-8-22-10-13/h3,5,8,10-12,14-15,17,24H,2,4,6-7,9H2,1H3,(H,26,27)/t11-,12+,14-,15-,17-/m1/s1. The molecule has 0 aromatic carbocycles. The second-order valence-corrected chi connectivity index (χ2v) is 7.97. The van der Waals surface area contributed by atoms with Crippen molar-refractivity contribution in [2.24, 2.45) is 17.8 Å². The van der Waals surface area contributed by atoms with Crippen LogP contribution in [-0.2, 0) is 14.3 Å². The van der Waals surface area contributed by atoms with Crippen molar-refractivity contribution in [1.29, 1.82) is 0 Å². The van der Waals surface area contributed by atoms with E-state index in [4.69, 9.17) is 4.74 Å². The van der Waals surface area contributed by atoms with Gasteiger partial charge in [-0.3, -0.25) is 9.78 Å². The van der Waals surface area contributed by atoms with Crippen molar-refractivity contribution < 1.29 is 29.3 Å². The summed E-state index contributed by atoms with van der Waals surface area (Å²) in [6.45, 7) is 1.75. The quantitative estimate of drug-likeness (QED) is 0.550. The first kappa shape index (κ1) is 19.6. The zero-order valence-corrected chi connectivity index (χ0v) is 16.2. The van der Waals surface area contributed by atoms with Crippen LogP contribution >= 0.6 is 0 Å². The molecule has 0 spiro atoms. The number of nitrogens with zero attached hydrogens (tertiary/aromatic N) is 2. The predicted molar refractivity (Wildman–Crippen MR) is 100 cm³/mol. The summed E-state index contributed by atoms with van der Waals surface area (Å²) in [6, 6.07) is 3.01. The zero-order valence-electron chi connectivity index (χ0n) is 16.2. The molecule has 2 N–H and O–H groups in total. The molecule has 3 heterocycles. The van der Waals surface area contributed by atoms with Gasteiger partial charge in [-0.2, -0.15) is 0 Å². The number of esters is 1. The molecule has 8 heteroatoms. The van der Waals surface area contributed by atoms with Crippen LogP contribution in [0, 0.1) is 17.8 Å². The molecule has 0 radical (unpaired) electrons. The summed E-state index contributed by atoms with van der Waals surface area (Å²) in [6.07, 6.45) is 5.21.